The van der Waals surface area contributed by atoms with Crippen LogP contribution in [0.4, 0.5) is 0 Å². The molecule has 0 amide bonds. The van der Waals surface area contributed by atoms with Gasteiger partial charge in [0.25, 0.3) is 0 Å². The van der Waals surface area contributed by atoms with Crippen LogP contribution in [0.2, 0.25) is 0 Å². The number of benzene rings is 1. The third kappa shape index (κ3) is 2.81. The second-order valence-electron chi connectivity index (χ2n) is 7.80. The van der Waals surface area contributed by atoms with Gasteiger partial charge in [0.2, 0.25) is 0 Å². The maximum Gasteiger partial charge on any atom is 0.181 e. The quantitative estimate of drug-likeness (QED) is 0.374. The third-order valence-electron chi connectivity index (χ3n) is 5.87. The molecule has 1 aromatic carbocycles. The first-order valence-corrected chi connectivity index (χ1v) is 10.9. The lowest BCUT2D eigenvalue weighted by Gasteiger charge is -2.04. The number of imidazole rings is 1. The zero-order valence-corrected chi connectivity index (χ0v) is 18.2. The van der Waals surface area contributed by atoms with Crippen molar-refractivity contribution in [3.8, 4) is 33.1 Å². The minimum atomic E-state index is 0.699. The van der Waals surface area contributed by atoms with E-state index in [1.165, 1.54) is 20.7 Å². The van der Waals surface area contributed by atoms with Gasteiger partial charge in [-0.15, -0.1) is 11.3 Å². The van der Waals surface area contributed by atoms with Crippen LogP contribution in [-0.2, 0) is 7.05 Å². The molecule has 31 heavy (non-hydrogen) atoms. The highest BCUT2D eigenvalue weighted by Gasteiger charge is 2.16. The van der Waals surface area contributed by atoms with Gasteiger partial charge in [-0.05, 0) is 44.2 Å². The Kier molecular flexibility index (Phi) is 3.88. The molecule has 0 atom stereocenters. The summed E-state index contributed by atoms with van der Waals surface area (Å²) in [7, 11) is 2.02. The van der Waals surface area contributed by atoms with Crippen LogP contribution in [-0.4, -0.2) is 29.7 Å². The predicted molar refractivity (Wildman–Crippen MR) is 126 cm³/mol. The van der Waals surface area contributed by atoms with Crippen molar-refractivity contribution in [3.63, 3.8) is 0 Å². The standard InChI is InChI=1S/C24H20N6S/c1-13-7-8-22(31-13)16-5-4-6-19-17(16)10-20(27-19)23-18-9-15(11-26-24(18)29-28-23)21-12-25-14(2)30(21)3/h4-12,27H,1-3H3,(H,26,28,29). The molecule has 0 fully saturated rings. The number of aromatic nitrogens is 6. The van der Waals surface area contributed by atoms with Crippen molar-refractivity contribution in [1.82, 2.24) is 29.7 Å². The Morgan fingerprint density at radius 2 is 1.87 bits per heavy atom. The molecule has 0 bridgehead atoms. The van der Waals surface area contributed by atoms with Gasteiger partial charge >= 0.3 is 0 Å². The number of H-pyrrole nitrogens is 2. The lowest BCUT2D eigenvalue weighted by Crippen LogP contribution is -1.94. The van der Waals surface area contributed by atoms with Gasteiger partial charge in [0.15, 0.2) is 5.65 Å². The zero-order valence-electron chi connectivity index (χ0n) is 17.4. The summed E-state index contributed by atoms with van der Waals surface area (Å²) in [6.45, 7) is 4.14. The summed E-state index contributed by atoms with van der Waals surface area (Å²) in [5.74, 6) is 0.967. The van der Waals surface area contributed by atoms with E-state index in [1.807, 2.05) is 37.7 Å². The fourth-order valence-electron chi connectivity index (χ4n) is 4.10. The van der Waals surface area contributed by atoms with Gasteiger partial charge in [-0.2, -0.15) is 5.10 Å². The molecule has 0 radical (unpaired) electrons. The molecule has 0 spiro atoms. The topological polar surface area (TPSA) is 75.2 Å². The molecule has 0 saturated carbocycles. The van der Waals surface area contributed by atoms with Crippen LogP contribution in [0.3, 0.4) is 0 Å². The molecular weight excluding hydrogens is 404 g/mol. The van der Waals surface area contributed by atoms with Crippen molar-refractivity contribution < 1.29 is 0 Å². The monoisotopic (exact) mass is 424 g/mol. The summed E-state index contributed by atoms with van der Waals surface area (Å²) in [4.78, 5) is 15.2. The molecule has 0 aliphatic rings. The summed E-state index contributed by atoms with van der Waals surface area (Å²) >= 11 is 1.82. The summed E-state index contributed by atoms with van der Waals surface area (Å²) in [5, 5.41) is 9.81. The van der Waals surface area contributed by atoms with E-state index in [2.05, 4.69) is 79.1 Å². The van der Waals surface area contributed by atoms with Crippen molar-refractivity contribution in [2.45, 2.75) is 13.8 Å². The largest absolute Gasteiger partial charge is 0.353 e. The number of aryl methyl sites for hydroxylation is 2. The van der Waals surface area contributed by atoms with Crippen molar-refractivity contribution in [2.75, 3.05) is 0 Å². The normalized spacial score (nSPS) is 11.7. The molecule has 6 aromatic rings. The summed E-state index contributed by atoms with van der Waals surface area (Å²) in [5.41, 5.74) is 7.03. The second kappa shape index (κ2) is 6.65. The van der Waals surface area contributed by atoms with Gasteiger partial charge in [-0.1, -0.05) is 12.1 Å². The van der Waals surface area contributed by atoms with Crippen LogP contribution < -0.4 is 0 Å². The average molecular weight is 425 g/mol. The molecule has 0 aliphatic heterocycles. The van der Waals surface area contributed by atoms with Gasteiger partial charge < -0.3 is 9.55 Å². The lowest BCUT2D eigenvalue weighted by molar-refractivity contribution is 0.865. The van der Waals surface area contributed by atoms with E-state index in [1.54, 1.807) is 0 Å². The Morgan fingerprint density at radius 3 is 2.65 bits per heavy atom. The first-order valence-electron chi connectivity index (χ1n) is 10.1. The van der Waals surface area contributed by atoms with Crippen LogP contribution in [0.5, 0.6) is 0 Å². The van der Waals surface area contributed by atoms with Crippen LogP contribution in [0.25, 0.3) is 55.0 Å². The molecule has 6 rings (SSSR count). The molecule has 0 unspecified atom stereocenters. The second-order valence-corrected chi connectivity index (χ2v) is 9.09. The van der Waals surface area contributed by atoms with E-state index >= 15 is 0 Å². The van der Waals surface area contributed by atoms with Gasteiger partial charge in [-0.25, -0.2) is 9.97 Å². The zero-order chi connectivity index (χ0) is 21.1. The highest BCUT2D eigenvalue weighted by molar-refractivity contribution is 7.15. The summed E-state index contributed by atoms with van der Waals surface area (Å²) < 4.78 is 2.07. The Balaban J connectivity index is 1.52. The summed E-state index contributed by atoms with van der Waals surface area (Å²) in [6.07, 6.45) is 3.74. The van der Waals surface area contributed by atoms with E-state index in [0.29, 0.717) is 5.65 Å². The number of hydrogen-bond acceptors (Lipinski definition) is 4. The fourth-order valence-corrected chi connectivity index (χ4v) is 5.01. The molecule has 5 heterocycles. The van der Waals surface area contributed by atoms with Crippen molar-refractivity contribution in [2.24, 2.45) is 7.05 Å². The smallest absolute Gasteiger partial charge is 0.181 e. The van der Waals surface area contributed by atoms with Gasteiger partial charge in [-0.3, -0.25) is 5.10 Å². The highest BCUT2D eigenvalue weighted by Crippen LogP contribution is 2.37. The first kappa shape index (κ1) is 18.1. The van der Waals surface area contributed by atoms with Crippen molar-refractivity contribution >= 4 is 33.3 Å². The van der Waals surface area contributed by atoms with Crippen molar-refractivity contribution in [1.29, 1.82) is 0 Å². The van der Waals surface area contributed by atoms with E-state index in [0.717, 1.165) is 39.4 Å². The Hall–Kier alpha value is -3.71. The Morgan fingerprint density at radius 1 is 0.968 bits per heavy atom. The molecule has 6 nitrogen and oxygen atoms in total. The first-order chi connectivity index (χ1) is 15.1. The van der Waals surface area contributed by atoms with E-state index in [-0.39, 0.29) is 0 Å². The van der Waals surface area contributed by atoms with E-state index in [9.17, 15) is 0 Å². The molecule has 5 aromatic heterocycles. The average Bonchev–Trinajstić information content (AvgIpc) is 3.54. The predicted octanol–water partition coefficient (Wildman–Crippen LogP) is 5.85. The molecule has 7 heteroatoms. The number of hydrogen-bond donors (Lipinski definition) is 2. The van der Waals surface area contributed by atoms with Crippen LogP contribution in [0.1, 0.15) is 10.7 Å². The number of rotatable bonds is 3. The fraction of sp³-hybridized carbons (Fsp3) is 0.125. The minimum absolute atomic E-state index is 0.699. The van der Waals surface area contributed by atoms with Gasteiger partial charge in [0.05, 0.1) is 23.3 Å². The summed E-state index contributed by atoms with van der Waals surface area (Å²) in [6, 6.07) is 15.1. The van der Waals surface area contributed by atoms with Crippen molar-refractivity contribution in [3.05, 3.63) is 65.6 Å². The number of thiophene rings is 1. The van der Waals surface area contributed by atoms with Crippen LogP contribution in [0, 0.1) is 13.8 Å². The maximum absolute atomic E-state index is 4.58. The maximum atomic E-state index is 4.58. The number of aromatic amines is 2. The molecule has 2 N–H and O–H groups in total. The Labute approximate surface area is 182 Å². The van der Waals surface area contributed by atoms with E-state index < -0.39 is 0 Å². The molecular formula is C24H20N6S. The van der Waals surface area contributed by atoms with E-state index in [4.69, 9.17) is 0 Å². The number of nitrogens with one attached hydrogen (secondary N) is 2. The minimum Gasteiger partial charge on any atom is -0.353 e. The lowest BCUT2D eigenvalue weighted by atomic mass is 10.1. The van der Waals surface area contributed by atoms with Gasteiger partial charge in [0, 0.05) is 50.4 Å². The van der Waals surface area contributed by atoms with Crippen LogP contribution >= 0.6 is 11.3 Å². The molecule has 0 aliphatic carbocycles. The number of fused-ring (bicyclic) bond motifs is 2. The van der Waals surface area contributed by atoms with Crippen LogP contribution in [0.15, 0.2) is 54.9 Å². The molecule has 0 saturated heterocycles. The third-order valence-corrected chi connectivity index (χ3v) is 6.90. The number of pyridine rings is 1. The molecule has 152 valence electrons. The Bertz CT molecular complexity index is 1580. The van der Waals surface area contributed by atoms with Gasteiger partial charge in [0.1, 0.15) is 5.82 Å². The number of nitrogens with zero attached hydrogens (tertiary/aromatic N) is 4. The SMILES string of the molecule is Cc1ccc(-c2cccc3[nH]c(-c4[nH]nc5ncc(-c6cnc(C)n6C)cc45)cc23)s1. The highest BCUT2D eigenvalue weighted by atomic mass is 32.1.